The number of hydrogen-bond donors (Lipinski definition) is 1. The summed E-state index contributed by atoms with van der Waals surface area (Å²) in [6, 6.07) is 0. The highest BCUT2D eigenvalue weighted by atomic mass is 16.6. The van der Waals surface area contributed by atoms with Crippen molar-refractivity contribution in [2.75, 3.05) is 6.61 Å². The van der Waals surface area contributed by atoms with Crippen molar-refractivity contribution in [2.45, 2.75) is 53.6 Å². The molecular formula is C12H24O3. The van der Waals surface area contributed by atoms with E-state index in [1.165, 1.54) is 0 Å². The number of rotatable bonds is 3. The van der Waals surface area contributed by atoms with Crippen LogP contribution in [0.3, 0.4) is 0 Å². The van der Waals surface area contributed by atoms with Crippen molar-refractivity contribution >= 4 is 5.97 Å². The van der Waals surface area contributed by atoms with Crippen LogP contribution < -0.4 is 0 Å². The Hall–Kier alpha value is -0.570. The maximum Gasteiger partial charge on any atom is 0.306 e. The molecule has 0 fully saturated rings. The van der Waals surface area contributed by atoms with Crippen molar-refractivity contribution in [1.82, 2.24) is 0 Å². The van der Waals surface area contributed by atoms with Gasteiger partial charge >= 0.3 is 5.97 Å². The third kappa shape index (κ3) is 6.50. The zero-order valence-electron chi connectivity index (χ0n) is 10.8. The molecule has 0 amide bonds. The Bertz CT molecular complexity index is 208. The molecule has 1 N–H and O–H groups in total. The molecule has 0 aliphatic carbocycles. The Morgan fingerprint density at radius 2 is 1.67 bits per heavy atom. The smallest absolute Gasteiger partial charge is 0.306 e. The third-order valence-electron chi connectivity index (χ3n) is 2.28. The van der Waals surface area contributed by atoms with E-state index in [1.807, 2.05) is 41.5 Å². The molecular weight excluding hydrogens is 192 g/mol. The van der Waals surface area contributed by atoms with Gasteiger partial charge in [0.2, 0.25) is 0 Å². The number of aliphatic hydroxyl groups excluding tert-OH is 1. The van der Waals surface area contributed by atoms with Crippen molar-refractivity contribution in [3.63, 3.8) is 0 Å². The summed E-state index contributed by atoms with van der Waals surface area (Å²) < 4.78 is 5.22. The lowest BCUT2D eigenvalue weighted by atomic mass is 9.79. The monoisotopic (exact) mass is 216 g/mol. The van der Waals surface area contributed by atoms with Crippen LogP contribution in [0.5, 0.6) is 0 Å². The predicted molar refractivity (Wildman–Crippen MR) is 60.5 cm³/mol. The number of aliphatic hydroxyl groups is 1. The summed E-state index contributed by atoms with van der Waals surface area (Å²) in [6.07, 6.45) is 0.275. The van der Waals surface area contributed by atoms with Gasteiger partial charge in [-0.15, -0.1) is 0 Å². The third-order valence-corrected chi connectivity index (χ3v) is 2.28. The molecule has 0 aliphatic rings. The van der Waals surface area contributed by atoms with Crippen LogP contribution in [0.1, 0.15) is 48.0 Å². The second kappa shape index (κ2) is 4.97. The SMILES string of the molecule is CC(C)(C)OC(=O)C[C@H](CO)C(C)(C)C. The molecule has 3 nitrogen and oxygen atoms in total. The van der Waals surface area contributed by atoms with Crippen LogP contribution in [0.2, 0.25) is 0 Å². The molecule has 0 spiro atoms. The van der Waals surface area contributed by atoms with Gasteiger partial charge in [-0.2, -0.15) is 0 Å². The lowest BCUT2D eigenvalue weighted by molar-refractivity contribution is -0.157. The van der Waals surface area contributed by atoms with E-state index >= 15 is 0 Å². The largest absolute Gasteiger partial charge is 0.460 e. The van der Waals surface area contributed by atoms with Gasteiger partial charge in [-0.25, -0.2) is 0 Å². The second-order valence-corrected chi connectivity index (χ2v) is 6.04. The molecule has 0 bridgehead atoms. The first-order valence-corrected chi connectivity index (χ1v) is 5.39. The summed E-state index contributed by atoms with van der Waals surface area (Å²) in [6.45, 7) is 11.6. The van der Waals surface area contributed by atoms with Gasteiger partial charge < -0.3 is 9.84 Å². The number of esters is 1. The Labute approximate surface area is 92.8 Å². The Kier molecular flexibility index (Phi) is 4.78. The number of hydrogen-bond acceptors (Lipinski definition) is 3. The fraction of sp³-hybridized carbons (Fsp3) is 0.917. The summed E-state index contributed by atoms with van der Waals surface area (Å²) in [4.78, 5) is 11.5. The molecule has 0 saturated heterocycles. The number of carbonyl (C=O) groups is 1. The Balaban J connectivity index is 4.27. The first-order valence-electron chi connectivity index (χ1n) is 5.39. The van der Waals surface area contributed by atoms with Gasteiger partial charge in [0.05, 0.1) is 6.42 Å². The number of ether oxygens (including phenoxy) is 1. The molecule has 0 heterocycles. The van der Waals surface area contributed by atoms with E-state index < -0.39 is 5.60 Å². The molecule has 0 aliphatic heterocycles. The van der Waals surface area contributed by atoms with Crippen molar-refractivity contribution in [3.8, 4) is 0 Å². The van der Waals surface area contributed by atoms with Crippen LogP contribution in [0.4, 0.5) is 0 Å². The Morgan fingerprint density at radius 1 is 1.20 bits per heavy atom. The lowest BCUT2D eigenvalue weighted by Crippen LogP contribution is -2.30. The summed E-state index contributed by atoms with van der Waals surface area (Å²) in [5.74, 6) is -0.288. The van der Waals surface area contributed by atoms with E-state index in [0.29, 0.717) is 0 Å². The molecule has 90 valence electrons. The van der Waals surface area contributed by atoms with E-state index in [0.717, 1.165) is 0 Å². The van der Waals surface area contributed by atoms with Gasteiger partial charge in [-0.05, 0) is 32.1 Å². The van der Waals surface area contributed by atoms with E-state index in [-0.39, 0.29) is 30.3 Å². The minimum absolute atomic E-state index is 0.0166. The number of carbonyl (C=O) groups excluding carboxylic acids is 1. The van der Waals surface area contributed by atoms with Gasteiger partial charge in [-0.3, -0.25) is 4.79 Å². The maximum absolute atomic E-state index is 11.5. The fourth-order valence-corrected chi connectivity index (χ4v) is 1.23. The van der Waals surface area contributed by atoms with Crippen LogP contribution in [0.25, 0.3) is 0 Å². The highest BCUT2D eigenvalue weighted by Crippen LogP contribution is 2.29. The molecule has 15 heavy (non-hydrogen) atoms. The van der Waals surface area contributed by atoms with E-state index in [9.17, 15) is 9.90 Å². The lowest BCUT2D eigenvalue weighted by Gasteiger charge is -2.29. The zero-order chi connectivity index (χ0) is 12.3. The van der Waals surface area contributed by atoms with Gasteiger partial charge in [0.25, 0.3) is 0 Å². The fourth-order valence-electron chi connectivity index (χ4n) is 1.23. The Morgan fingerprint density at radius 3 is 1.93 bits per heavy atom. The van der Waals surface area contributed by atoms with Gasteiger partial charge in [-0.1, -0.05) is 20.8 Å². The van der Waals surface area contributed by atoms with Crippen molar-refractivity contribution in [2.24, 2.45) is 11.3 Å². The van der Waals surface area contributed by atoms with E-state index in [4.69, 9.17) is 4.74 Å². The van der Waals surface area contributed by atoms with Crippen LogP contribution in [0, 0.1) is 11.3 Å². The predicted octanol–water partition coefficient (Wildman–Crippen LogP) is 2.37. The summed E-state index contributed by atoms with van der Waals surface area (Å²) in [5, 5.41) is 9.20. The van der Waals surface area contributed by atoms with Crippen molar-refractivity contribution in [3.05, 3.63) is 0 Å². The van der Waals surface area contributed by atoms with Crippen LogP contribution in [-0.2, 0) is 9.53 Å². The quantitative estimate of drug-likeness (QED) is 0.737. The first kappa shape index (κ1) is 14.4. The molecule has 0 saturated carbocycles. The van der Waals surface area contributed by atoms with E-state index in [1.54, 1.807) is 0 Å². The van der Waals surface area contributed by atoms with Gasteiger partial charge in [0.1, 0.15) is 5.60 Å². The zero-order valence-corrected chi connectivity index (χ0v) is 10.8. The minimum atomic E-state index is -0.449. The first-order chi connectivity index (χ1) is 6.56. The highest BCUT2D eigenvalue weighted by Gasteiger charge is 2.28. The summed E-state index contributed by atoms with van der Waals surface area (Å²) in [5.41, 5.74) is -0.527. The topological polar surface area (TPSA) is 46.5 Å². The average molecular weight is 216 g/mol. The molecule has 0 unspecified atom stereocenters. The van der Waals surface area contributed by atoms with E-state index in [2.05, 4.69) is 0 Å². The molecule has 0 radical (unpaired) electrons. The van der Waals surface area contributed by atoms with Crippen LogP contribution in [0.15, 0.2) is 0 Å². The van der Waals surface area contributed by atoms with Crippen LogP contribution in [-0.4, -0.2) is 23.3 Å². The molecule has 0 rings (SSSR count). The minimum Gasteiger partial charge on any atom is -0.460 e. The summed E-state index contributed by atoms with van der Waals surface area (Å²) >= 11 is 0. The standard InChI is InChI=1S/C12H24O3/c1-11(2,3)9(8-13)7-10(14)15-12(4,5)6/h9,13H,7-8H2,1-6H3/t9-/m1/s1. The highest BCUT2D eigenvalue weighted by molar-refractivity contribution is 5.70. The normalized spacial score (nSPS) is 14.9. The second-order valence-electron chi connectivity index (χ2n) is 6.04. The van der Waals surface area contributed by atoms with Crippen molar-refractivity contribution < 1.29 is 14.6 Å². The van der Waals surface area contributed by atoms with Crippen molar-refractivity contribution in [1.29, 1.82) is 0 Å². The van der Waals surface area contributed by atoms with Crippen LogP contribution >= 0.6 is 0 Å². The van der Waals surface area contributed by atoms with Gasteiger partial charge in [0.15, 0.2) is 0 Å². The molecule has 1 atom stereocenters. The average Bonchev–Trinajstić information content (AvgIpc) is 1.94. The molecule has 0 aromatic carbocycles. The van der Waals surface area contributed by atoms with Gasteiger partial charge in [0, 0.05) is 6.61 Å². The molecule has 3 heteroatoms. The summed E-state index contributed by atoms with van der Waals surface area (Å²) in [7, 11) is 0. The molecule has 0 aromatic rings. The maximum atomic E-state index is 11.5. The molecule has 0 aromatic heterocycles.